The fourth-order valence-electron chi connectivity index (χ4n) is 3.15. The molecule has 0 aliphatic carbocycles. The Labute approximate surface area is 171 Å². The maximum absolute atomic E-state index is 12.8. The van der Waals surface area contributed by atoms with Crippen LogP contribution in [-0.4, -0.2) is 31.6 Å². The lowest BCUT2D eigenvalue weighted by Gasteiger charge is -2.22. The lowest BCUT2D eigenvalue weighted by Crippen LogP contribution is -2.32. The van der Waals surface area contributed by atoms with Gasteiger partial charge in [-0.1, -0.05) is 60.7 Å². The van der Waals surface area contributed by atoms with E-state index in [-0.39, 0.29) is 12.5 Å². The first-order valence-corrected chi connectivity index (χ1v) is 9.50. The Morgan fingerprint density at radius 1 is 0.828 bits per heavy atom. The Kier molecular flexibility index (Phi) is 7.25. The highest BCUT2D eigenvalue weighted by Gasteiger charge is 2.14. The molecule has 150 valence electrons. The van der Waals surface area contributed by atoms with Crippen LogP contribution in [0.25, 0.3) is 0 Å². The molecule has 0 bridgehead atoms. The summed E-state index contributed by atoms with van der Waals surface area (Å²) in [5, 5.41) is 2.95. The van der Waals surface area contributed by atoms with Crippen LogP contribution in [0.1, 0.15) is 11.1 Å². The van der Waals surface area contributed by atoms with Crippen LogP contribution < -0.4 is 14.8 Å². The van der Waals surface area contributed by atoms with Crippen LogP contribution in [0.4, 0.5) is 5.69 Å². The van der Waals surface area contributed by atoms with Gasteiger partial charge in [0.05, 0.1) is 26.5 Å². The first-order chi connectivity index (χ1) is 14.2. The van der Waals surface area contributed by atoms with Crippen molar-refractivity contribution in [3.8, 4) is 11.5 Å². The fraction of sp³-hybridized carbons (Fsp3) is 0.208. The van der Waals surface area contributed by atoms with Gasteiger partial charge in [0.2, 0.25) is 5.91 Å². The van der Waals surface area contributed by atoms with Crippen LogP contribution in [0, 0.1) is 0 Å². The second-order valence-corrected chi connectivity index (χ2v) is 6.73. The quantitative estimate of drug-likeness (QED) is 0.590. The number of hydrogen-bond donors (Lipinski definition) is 1. The number of hydrogen-bond acceptors (Lipinski definition) is 4. The van der Waals surface area contributed by atoms with Gasteiger partial charge in [0.25, 0.3) is 0 Å². The third-order valence-electron chi connectivity index (χ3n) is 4.55. The zero-order valence-electron chi connectivity index (χ0n) is 16.8. The van der Waals surface area contributed by atoms with Gasteiger partial charge in [-0.3, -0.25) is 9.69 Å². The van der Waals surface area contributed by atoms with Crippen molar-refractivity contribution >= 4 is 11.6 Å². The number of rotatable bonds is 9. The second kappa shape index (κ2) is 10.3. The Hall–Kier alpha value is -3.31. The van der Waals surface area contributed by atoms with Crippen molar-refractivity contribution in [2.45, 2.75) is 13.1 Å². The number of carbonyl (C=O) groups is 1. The summed E-state index contributed by atoms with van der Waals surface area (Å²) in [6.07, 6.45) is 0. The van der Waals surface area contributed by atoms with Crippen LogP contribution in [-0.2, 0) is 17.9 Å². The van der Waals surface area contributed by atoms with Crippen LogP contribution in [0.3, 0.4) is 0 Å². The van der Waals surface area contributed by atoms with Gasteiger partial charge in [-0.15, -0.1) is 0 Å². The Bertz CT molecular complexity index is 872. The molecular formula is C24H26N2O3. The largest absolute Gasteiger partial charge is 0.497 e. The van der Waals surface area contributed by atoms with E-state index < -0.39 is 0 Å². The molecule has 0 unspecified atom stereocenters. The first kappa shape index (κ1) is 20.4. The van der Waals surface area contributed by atoms with E-state index in [1.54, 1.807) is 32.4 Å². The summed E-state index contributed by atoms with van der Waals surface area (Å²) in [4.78, 5) is 14.9. The summed E-state index contributed by atoms with van der Waals surface area (Å²) in [6, 6.07) is 25.7. The fourth-order valence-corrected chi connectivity index (χ4v) is 3.15. The number of benzene rings is 3. The molecule has 0 saturated carbocycles. The molecule has 3 aromatic rings. The van der Waals surface area contributed by atoms with Crippen molar-refractivity contribution in [1.29, 1.82) is 0 Å². The predicted octanol–water partition coefficient (Wildman–Crippen LogP) is 4.34. The first-order valence-electron chi connectivity index (χ1n) is 9.50. The minimum atomic E-state index is -0.0969. The summed E-state index contributed by atoms with van der Waals surface area (Å²) in [7, 11) is 3.17. The molecular weight excluding hydrogens is 364 g/mol. The lowest BCUT2D eigenvalue weighted by molar-refractivity contribution is -0.117. The number of methoxy groups -OCH3 is 2. The summed E-state index contributed by atoms with van der Waals surface area (Å²) < 4.78 is 10.6. The highest BCUT2D eigenvalue weighted by Crippen LogP contribution is 2.29. The van der Waals surface area contributed by atoms with Gasteiger partial charge >= 0.3 is 0 Å². The summed E-state index contributed by atoms with van der Waals surface area (Å²) in [6.45, 7) is 1.63. The number of anilines is 1. The lowest BCUT2D eigenvalue weighted by atomic mass is 10.1. The van der Waals surface area contributed by atoms with E-state index in [1.165, 1.54) is 11.1 Å². The monoisotopic (exact) mass is 390 g/mol. The summed E-state index contributed by atoms with van der Waals surface area (Å²) in [5.41, 5.74) is 2.95. The third-order valence-corrected chi connectivity index (χ3v) is 4.55. The molecule has 0 spiro atoms. The second-order valence-electron chi connectivity index (χ2n) is 6.73. The maximum Gasteiger partial charge on any atom is 0.238 e. The zero-order chi connectivity index (χ0) is 20.5. The molecule has 0 fully saturated rings. The predicted molar refractivity (Wildman–Crippen MR) is 115 cm³/mol. The Balaban J connectivity index is 1.71. The topological polar surface area (TPSA) is 50.8 Å². The van der Waals surface area contributed by atoms with Crippen molar-refractivity contribution in [1.82, 2.24) is 4.90 Å². The minimum absolute atomic E-state index is 0.0969. The zero-order valence-corrected chi connectivity index (χ0v) is 16.8. The van der Waals surface area contributed by atoms with Crippen molar-refractivity contribution in [2.75, 3.05) is 26.1 Å². The van der Waals surface area contributed by atoms with Crippen molar-refractivity contribution < 1.29 is 14.3 Å². The molecule has 5 heteroatoms. The number of ether oxygens (including phenoxy) is 2. The average molecular weight is 390 g/mol. The van der Waals surface area contributed by atoms with Gasteiger partial charge in [0, 0.05) is 19.2 Å². The smallest absolute Gasteiger partial charge is 0.238 e. The van der Waals surface area contributed by atoms with E-state index in [1.807, 2.05) is 36.4 Å². The van der Waals surface area contributed by atoms with Crippen molar-refractivity contribution in [3.05, 3.63) is 90.0 Å². The molecule has 3 rings (SSSR count). The highest BCUT2D eigenvalue weighted by atomic mass is 16.5. The molecule has 1 N–H and O–H groups in total. The summed E-state index contributed by atoms with van der Waals surface area (Å²) in [5.74, 6) is 1.14. The Morgan fingerprint density at radius 3 is 1.93 bits per heavy atom. The average Bonchev–Trinajstić information content (AvgIpc) is 2.75. The van der Waals surface area contributed by atoms with Gasteiger partial charge in [-0.2, -0.15) is 0 Å². The van der Waals surface area contributed by atoms with Gasteiger partial charge in [-0.25, -0.2) is 0 Å². The van der Waals surface area contributed by atoms with E-state index in [9.17, 15) is 4.79 Å². The van der Waals surface area contributed by atoms with E-state index in [4.69, 9.17) is 9.47 Å². The molecule has 1 amide bonds. The molecule has 3 aromatic carbocycles. The maximum atomic E-state index is 12.8. The standard InChI is InChI=1S/C24H26N2O3/c1-28-21-13-14-22(23(15-21)29-2)25-24(27)18-26(16-19-9-5-3-6-10-19)17-20-11-7-4-8-12-20/h3-15H,16-18H2,1-2H3,(H,25,27). The Morgan fingerprint density at radius 2 is 1.41 bits per heavy atom. The molecule has 0 atom stereocenters. The van der Waals surface area contributed by atoms with Crippen molar-refractivity contribution in [2.24, 2.45) is 0 Å². The van der Waals surface area contributed by atoms with Crippen molar-refractivity contribution in [3.63, 3.8) is 0 Å². The van der Waals surface area contributed by atoms with Crippen LogP contribution in [0.2, 0.25) is 0 Å². The van der Waals surface area contributed by atoms with Gasteiger partial charge in [0.1, 0.15) is 11.5 Å². The molecule has 5 nitrogen and oxygen atoms in total. The summed E-state index contributed by atoms with van der Waals surface area (Å²) >= 11 is 0. The van der Waals surface area contributed by atoms with Crippen LogP contribution in [0.15, 0.2) is 78.9 Å². The normalized spacial score (nSPS) is 10.6. The minimum Gasteiger partial charge on any atom is -0.497 e. The number of carbonyl (C=O) groups excluding carboxylic acids is 1. The molecule has 0 saturated heterocycles. The van der Waals surface area contributed by atoms with E-state index in [2.05, 4.69) is 34.5 Å². The SMILES string of the molecule is COc1ccc(NC(=O)CN(Cc2ccccc2)Cc2ccccc2)c(OC)c1. The van der Waals surface area contributed by atoms with E-state index in [0.717, 1.165) is 0 Å². The van der Waals surface area contributed by atoms with Gasteiger partial charge < -0.3 is 14.8 Å². The highest BCUT2D eigenvalue weighted by molar-refractivity contribution is 5.93. The number of nitrogens with zero attached hydrogens (tertiary/aromatic N) is 1. The number of amides is 1. The number of nitrogens with one attached hydrogen (secondary N) is 1. The van der Waals surface area contributed by atoms with Gasteiger partial charge in [0.15, 0.2) is 0 Å². The molecule has 0 aliphatic rings. The molecule has 0 heterocycles. The van der Waals surface area contributed by atoms with Gasteiger partial charge in [-0.05, 0) is 23.3 Å². The van der Waals surface area contributed by atoms with Crippen LogP contribution in [0.5, 0.6) is 11.5 Å². The molecule has 0 aromatic heterocycles. The van der Waals surface area contributed by atoms with E-state index >= 15 is 0 Å². The van der Waals surface area contributed by atoms with E-state index in [0.29, 0.717) is 30.3 Å². The molecule has 0 radical (unpaired) electrons. The van der Waals surface area contributed by atoms with Crippen LogP contribution >= 0.6 is 0 Å². The molecule has 29 heavy (non-hydrogen) atoms. The molecule has 0 aliphatic heterocycles. The third kappa shape index (κ3) is 6.09.